The molecule has 3 atom stereocenters. The summed E-state index contributed by atoms with van der Waals surface area (Å²) in [4.78, 5) is 13.2. The van der Waals surface area contributed by atoms with Crippen molar-refractivity contribution in [3.05, 3.63) is 0 Å². The molecule has 0 unspecified atom stereocenters. The molecule has 0 N–H and O–H groups in total. The average Bonchev–Trinajstić information content (AvgIpc) is 2.76. The first kappa shape index (κ1) is 10.3. The van der Waals surface area contributed by atoms with Crippen molar-refractivity contribution in [2.24, 2.45) is 11.8 Å². The van der Waals surface area contributed by atoms with Crippen molar-refractivity contribution in [3.63, 3.8) is 0 Å². The summed E-state index contributed by atoms with van der Waals surface area (Å²) < 4.78 is 4.96. The number of carbonyl (C=O) groups excluding carboxylic acids is 1. The molecular weight excluding hydrogens is 192 g/mol. The molecule has 0 aromatic heterocycles. The number of hydrogen-bond donors (Lipinski definition) is 0. The Kier molecular flexibility index (Phi) is 2.81. The molecule has 0 aromatic rings. The zero-order chi connectivity index (χ0) is 10.8. The van der Waals surface area contributed by atoms with E-state index >= 15 is 0 Å². The summed E-state index contributed by atoms with van der Waals surface area (Å²) >= 11 is 0. The molecule has 4 nitrogen and oxygen atoms in total. The van der Waals surface area contributed by atoms with Crippen molar-refractivity contribution >= 4 is 6.09 Å². The fraction of sp³-hybridized carbons (Fsp3) is 0.818. The van der Waals surface area contributed by atoms with E-state index in [2.05, 4.69) is 6.07 Å². The second-order valence-electron chi connectivity index (χ2n) is 4.28. The quantitative estimate of drug-likeness (QED) is 0.659. The summed E-state index contributed by atoms with van der Waals surface area (Å²) in [5.74, 6) is 0.915. The van der Waals surface area contributed by atoms with Crippen LogP contribution in [0, 0.1) is 23.2 Å². The highest BCUT2D eigenvalue weighted by Crippen LogP contribution is 2.41. The predicted molar refractivity (Wildman–Crippen MR) is 54.0 cm³/mol. The lowest BCUT2D eigenvalue weighted by Gasteiger charge is -2.21. The zero-order valence-electron chi connectivity index (χ0n) is 8.98. The van der Waals surface area contributed by atoms with Crippen LogP contribution in [0.25, 0.3) is 0 Å². The fourth-order valence-corrected chi connectivity index (χ4v) is 2.87. The van der Waals surface area contributed by atoms with Crippen LogP contribution in [0.4, 0.5) is 4.79 Å². The van der Waals surface area contributed by atoms with E-state index in [0.29, 0.717) is 25.0 Å². The van der Waals surface area contributed by atoms with Gasteiger partial charge in [-0.1, -0.05) is 6.42 Å². The standard InChI is InChI=1S/C11H16N2O2/c1-2-15-11(14)13-7-8-4-3-5-9(8)10(13)6-12/h8-10H,2-5,7H2,1H3/t8-,9+,10+/m1/s1. The number of rotatable bonds is 1. The highest BCUT2D eigenvalue weighted by Gasteiger charge is 2.46. The summed E-state index contributed by atoms with van der Waals surface area (Å²) in [6.45, 7) is 2.88. The van der Waals surface area contributed by atoms with E-state index in [1.165, 1.54) is 6.42 Å². The van der Waals surface area contributed by atoms with Crippen LogP contribution in [0.2, 0.25) is 0 Å². The number of ether oxygens (including phenoxy) is 1. The number of amides is 1. The molecular formula is C11H16N2O2. The van der Waals surface area contributed by atoms with Gasteiger partial charge in [0, 0.05) is 6.54 Å². The van der Waals surface area contributed by atoms with E-state index in [9.17, 15) is 4.79 Å². The number of carbonyl (C=O) groups is 1. The summed E-state index contributed by atoms with van der Waals surface area (Å²) in [7, 11) is 0. The highest BCUT2D eigenvalue weighted by atomic mass is 16.6. The van der Waals surface area contributed by atoms with Crippen LogP contribution in [0.1, 0.15) is 26.2 Å². The first-order chi connectivity index (χ1) is 7.27. The summed E-state index contributed by atoms with van der Waals surface area (Å²) in [6.07, 6.45) is 3.11. The normalized spacial score (nSPS) is 33.6. The first-order valence-electron chi connectivity index (χ1n) is 5.61. The molecule has 15 heavy (non-hydrogen) atoms. The smallest absolute Gasteiger partial charge is 0.410 e. The van der Waals surface area contributed by atoms with Gasteiger partial charge in [-0.05, 0) is 31.6 Å². The van der Waals surface area contributed by atoms with Crippen molar-refractivity contribution in [1.82, 2.24) is 4.90 Å². The van der Waals surface area contributed by atoms with Crippen LogP contribution in [0.3, 0.4) is 0 Å². The zero-order valence-corrected chi connectivity index (χ0v) is 8.98. The molecule has 1 heterocycles. The Morgan fingerprint density at radius 2 is 2.40 bits per heavy atom. The molecule has 0 spiro atoms. The van der Waals surface area contributed by atoms with Gasteiger partial charge in [-0.3, -0.25) is 4.90 Å². The molecule has 1 amide bonds. The fourth-order valence-electron chi connectivity index (χ4n) is 2.87. The summed E-state index contributed by atoms with van der Waals surface area (Å²) in [5.41, 5.74) is 0. The Hall–Kier alpha value is -1.24. The minimum atomic E-state index is -0.321. The van der Waals surface area contributed by atoms with E-state index in [1.54, 1.807) is 11.8 Å². The third kappa shape index (κ3) is 1.67. The summed E-state index contributed by atoms with van der Waals surface area (Å²) in [6, 6.07) is 2.00. The van der Waals surface area contributed by atoms with Gasteiger partial charge >= 0.3 is 6.09 Å². The van der Waals surface area contributed by atoms with E-state index in [1.807, 2.05) is 0 Å². The molecule has 1 aliphatic carbocycles. The van der Waals surface area contributed by atoms with Gasteiger partial charge in [0.05, 0.1) is 12.7 Å². The SMILES string of the molecule is CCOC(=O)N1C[C@H]2CCC[C@@H]2[C@@H]1C#N. The van der Waals surface area contributed by atoms with E-state index in [4.69, 9.17) is 10.00 Å². The van der Waals surface area contributed by atoms with Gasteiger partial charge < -0.3 is 4.74 Å². The third-order valence-corrected chi connectivity index (χ3v) is 3.53. The predicted octanol–water partition coefficient (Wildman–Crippen LogP) is 1.77. The maximum atomic E-state index is 11.6. The lowest BCUT2D eigenvalue weighted by atomic mass is 9.95. The Bertz CT molecular complexity index is 297. The monoisotopic (exact) mass is 208 g/mol. The van der Waals surface area contributed by atoms with Crippen LogP contribution >= 0.6 is 0 Å². The van der Waals surface area contributed by atoms with Crippen LogP contribution in [0.5, 0.6) is 0 Å². The minimum Gasteiger partial charge on any atom is -0.450 e. The minimum absolute atomic E-state index is 0.253. The molecule has 1 aliphatic heterocycles. The molecule has 0 radical (unpaired) electrons. The van der Waals surface area contributed by atoms with E-state index < -0.39 is 0 Å². The van der Waals surface area contributed by atoms with Crippen LogP contribution in [0.15, 0.2) is 0 Å². The van der Waals surface area contributed by atoms with Gasteiger partial charge in [-0.15, -0.1) is 0 Å². The number of nitriles is 1. The number of fused-ring (bicyclic) bond motifs is 1. The Morgan fingerprint density at radius 1 is 1.60 bits per heavy atom. The van der Waals surface area contributed by atoms with Gasteiger partial charge in [0.1, 0.15) is 6.04 Å². The lowest BCUT2D eigenvalue weighted by molar-refractivity contribution is 0.105. The molecule has 0 bridgehead atoms. The Labute approximate surface area is 89.8 Å². The van der Waals surface area contributed by atoms with Gasteiger partial charge in [-0.2, -0.15) is 5.26 Å². The van der Waals surface area contributed by atoms with Crippen molar-refractivity contribution in [2.45, 2.75) is 32.2 Å². The molecule has 2 aliphatic rings. The second-order valence-corrected chi connectivity index (χ2v) is 4.28. The van der Waals surface area contributed by atoms with E-state index in [0.717, 1.165) is 12.8 Å². The van der Waals surface area contributed by atoms with Gasteiger partial charge in [0.25, 0.3) is 0 Å². The van der Waals surface area contributed by atoms with Crippen molar-refractivity contribution in [3.8, 4) is 6.07 Å². The topological polar surface area (TPSA) is 53.3 Å². The molecule has 0 aromatic carbocycles. The molecule has 4 heteroatoms. The average molecular weight is 208 g/mol. The van der Waals surface area contributed by atoms with Crippen molar-refractivity contribution in [2.75, 3.05) is 13.2 Å². The molecule has 2 rings (SSSR count). The maximum absolute atomic E-state index is 11.6. The molecule has 2 fully saturated rings. The van der Waals surface area contributed by atoms with Crippen LogP contribution in [-0.2, 0) is 4.74 Å². The Morgan fingerprint density at radius 3 is 3.07 bits per heavy atom. The largest absolute Gasteiger partial charge is 0.450 e. The summed E-state index contributed by atoms with van der Waals surface area (Å²) in [5, 5.41) is 9.10. The molecule has 82 valence electrons. The molecule has 1 saturated carbocycles. The highest BCUT2D eigenvalue weighted by molar-refractivity contribution is 5.69. The Balaban J connectivity index is 2.08. The van der Waals surface area contributed by atoms with Crippen molar-refractivity contribution in [1.29, 1.82) is 5.26 Å². The lowest BCUT2D eigenvalue weighted by Crippen LogP contribution is -2.37. The van der Waals surface area contributed by atoms with E-state index in [-0.39, 0.29) is 12.1 Å². The van der Waals surface area contributed by atoms with Gasteiger partial charge in [0.15, 0.2) is 0 Å². The van der Waals surface area contributed by atoms with Crippen LogP contribution in [-0.4, -0.2) is 30.2 Å². The number of hydrogen-bond acceptors (Lipinski definition) is 3. The van der Waals surface area contributed by atoms with Crippen molar-refractivity contribution < 1.29 is 9.53 Å². The second kappa shape index (κ2) is 4.09. The number of likely N-dealkylation sites (tertiary alicyclic amines) is 1. The van der Waals surface area contributed by atoms with Gasteiger partial charge in [0.2, 0.25) is 0 Å². The number of nitrogens with zero attached hydrogens (tertiary/aromatic N) is 2. The first-order valence-corrected chi connectivity index (χ1v) is 5.61. The van der Waals surface area contributed by atoms with Crippen LogP contribution < -0.4 is 0 Å². The molecule has 1 saturated heterocycles. The third-order valence-electron chi connectivity index (χ3n) is 3.53. The van der Waals surface area contributed by atoms with Gasteiger partial charge in [-0.25, -0.2) is 4.79 Å². The maximum Gasteiger partial charge on any atom is 0.410 e.